The van der Waals surface area contributed by atoms with Crippen LogP contribution in [0.3, 0.4) is 0 Å². The smallest absolute Gasteiger partial charge is 0.313 e. The van der Waals surface area contributed by atoms with Crippen LogP contribution in [-0.4, -0.2) is 26.2 Å². The molecule has 0 aromatic carbocycles. The molecule has 1 saturated carbocycles. The molecular formula is C7H11NO2. The van der Waals surface area contributed by atoms with Crippen LogP contribution in [0.4, 0.5) is 0 Å². The van der Waals surface area contributed by atoms with E-state index in [-0.39, 0.29) is 11.4 Å². The van der Waals surface area contributed by atoms with E-state index in [1.165, 1.54) is 7.11 Å². The first-order valence-electron chi connectivity index (χ1n) is 3.59. The van der Waals surface area contributed by atoms with Crippen LogP contribution in [0.5, 0.6) is 0 Å². The number of hydrogen-bond donors (Lipinski definition) is 1. The lowest BCUT2D eigenvalue weighted by Crippen LogP contribution is -2.24. The average molecular weight is 141 g/mol. The quantitative estimate of drug-likeness (QED) is 0.512. The lowest BCUT2D eigenvalue weighted by atomic mass is 10.1. The maximum Gasteiger partial charge on any atom is 0.313 e. The van der Waals surface area contributed by atoms with E-state index in [4.69, 9.17) is 4.74 Å². The highest BCUT2D eigenvalue weighted by Crippen LogP contribution is 2.55. The number of carbonyl (C=O) groups is 1. The lowest BCUT2D eigenvalue weighted by molar-refractivity contribution is -0.146. The van der Waals surface area contributed by atoms with E-state index in [1.54, 1.807) is 0 Å². The van der Waals surface area contributed by atoms with E-state index in [0.29, 0.717) is 5.92 Å². The van der Waals surface area contributed by atoms with E-state index in [2.05, 4.69) is 5.32 Å². The normalized spacial score (nSPS) is 42.7. The van der Waals surface area contributed by atoms with Gasteiger partial charge < -0.3 is 10.1 Å². The molecule has 1 N–H and O–H groups in total. The second kappa shape index (κ2) is 1.72. The van der Waals surface area contributed by atoms with Crippen LogP contribution < -0.4 is 5.32 Å². The van der Waals surface area contributed by atoms with Crippen molar-refractivity contribution in [3.8, 4) is 0 Å². The fourth-order valence-corrected chi connectivity index (χ4v) is 1.86. The third-order valence-corrected chi connectivity index (χ3v) is 2.66. The summed E-state index contributed by atoms with van der Waals surface area (Å²) in [6.07, 6.45) is 1.03. The first-order chi connectivity index (χ1) is 4.79. The topological polar surface area (TPSA) is 38.3 Å². The molecule has 1 aliphatic carbocycles. The minimum atomic E-state index is -0.102. The van der Waals surface area contributed by atoms with Gasteiger partial charge in [0.1, 0.15) is 0 Å². The van der Waals surface area contributed by atoms with Gasteiger partial charge in [0.15, 0.2) is 0 Å². The van der Waals surface area contributed by atoms with Gasteiger partial charge in [0.2, 0.25) is 0 Å². The summed E-state index contributed by atoms with van der Waals surface area (Å²) in [7, 11) is 1.46. The van der Waals surface area contributed by atoms with Crippen LogP contribution >= 0.6 is 0 Å². The summed E-state index contributed by atoms with van der Waals surface area (Å²) in [6, 6.07) is 0. The van der Waals surface area contributed by atoms with Gasteiger partial charge in [-0.1, -0.05) is 0 Å². The lowest BCUT2D eigenvalue weighted by Gasteiger charge is -2.06. The maximum atomic E-state index is 11.1. The summed E-state index contributed by atoms with van der Waals surface area (Å²) in [6.45, 7) is 1.82. The van der Waals surface area contributed by atoms with Crippen LogP contribution in [0.25, 0.3) is 0 Å². The molecule has 1 saturated heterocycles. The monoisotopic (exact) mass is 141 g/mol. The highest BCUT2D eigenvalue weighted by molar-refractivity contribution is 5.81. The molecular weight excluding hydrogens is 130 g/mol. The Morgan fingerprint density at radius 2 is 2.60 bits per heavy atom. The standard InChI is InChI=1S/C7H11NO2/c1-10-6(9)7-2-5(7)3-8-4-7/h5,8H,2-4H2,1H3. The van der Waals surface area contributed by atoms with Gasteiger partial charge in [0, 0.05) is 6.54 Å². The Kier molecular flexibility index (Phi) is 1.06. The van der Waals surface area contributed by atoms with Gasteiger partial charge in [-0.3, -0.25) is 4.79 Å². The fourth-order valence-electron chi connectivity index (χ4n) is 1.86. The van der Waals surface area contributed by atoms with Crippen LogP contribution in [0.2, 0.25) is 0 Å². The third kappa shape index (κ3) is 0.560. The largest absolute Gasteiger partial charge is 0.469 e. The predicted octanol–water partition coefficient (Wildman–Crippen LogP) is -0.231. The molecule has 0 aromatic rings. The van der Waals surface area contributed by atoms with Crippen molar-refractivity contribution < 1.29 is 9.53 Å². The van der Waals surface area contributed by atoms with E-state index >= 15 is 0 Å². The third-order valence-electron chi connectivity index (χ3n) is 2.66. The van der Waals surface area contributed by atoms with Gasteiger partial charge in [-0.2, -0.15) is 0 Å². The van der Waals surface area contributed by atoms with Crippen molar-refractivity contribution in [3.63, 3.8) is 0 Å². The Bertz CT molecular complexity index is 180. The van der Waals surface area contributed by atoms with Crippen molar-refractivity contribution in [1.29, 1.82) is 0 Å². The van der Waals surface area contributed by atoms with E-state index in [1.807, 2.05) is 0 Å². The second-order valence-corrected chi connectivity index (χ2v) is 3.18. The Morgan fingerprint density at radius 3 is 3.00 bits per heavy atom. The zero-order valence-corrected chi connectivity index (χ0v) is 6.02. The number of ether oxygens (including phenoxy) is 1. The summed E-state index contributed by atoms with van der Waals surface area (Å²) in [5, 5.41) is 3.18. The second-order valence-electron chi connectivity index (χ2n) is 3.18. The molecule has 2 rings (SSSR count). The molecule has 3 heteroatoms. The number of esters is 1. The van der Waals surface area contributed by atoms with Gasteiger partial charge in [-0.25, -0.2) is 0 Å². The average Bonchev–Trinajstić information content (AvgIpc) is 2.54. The molecule has 3 nitrogen and oxygen atoms in total. The first kappa shape index (κ1) is 6.16. The molecule has 2 unspecified atom stereocenters. The summed E-state index contributed by atoms with van der Waals surface area (Å²) in [5.41, 5.74) is -0.102. The molecule has 0 radical (unpaired) electrons. The van der Waals surface area contributed by atoms with E-state index in [9.17, 15) is 4.79 Å². The molecule has 0 aromatic heterocycles. The summed E-state index contributed by atoms with van der Waals surface area (Å²) < 4.78 is 4.70. The van der Waals surface area contributed by atoms with Crippen molar-refractivity contribution in [2.75, 3.05) is 20.2 Å². The van der Waals surface area contributed by atoms with Crippen molar-refractivity contribution >= 4 is 5.97 Å². The maximum absolute atomic E-state index is 11.1. The van der Waals surface area contributed by atoms with Crippen LogP contribution in [0, 0.1) is 11.3 Å². The van der Waals surface area contributed by atoms with Crippen molar-refractivity contribution in [1.82, 2.24) is 5.32 Å². The number of nitrogens with one attached hydrogen (secondary N) is 1. The molecule has 1 heterocycles. The molecule has 10 heavy (non-hydrogen) atoms. The molecule has 0 amide bonds. The molecule has 2 aliphatic rings. The molecule has 2 fully saturated rings. The molecule has 2 atom stereocenters. The predicted molar refractivity (Wildman–Crippen MR) is 35.4 cm³/mol. The van der Waals surface area contributed by atoms with E-state index < -0.39 is 0 Å². The zero-order chi connectivity index (χ0) is 7.19. The highest BCUT2D eigenvalue weighted by Gasteiger charge is 2.63. The number of methoxy groups -OCH3 is 1. The molecule has 0 spiro atoms. The van der Waals surface area contributed by atoms with E-state index in [0.717, 1.165) is 19.5 Å². The minimum absolute atomic E-state index is 0.0255. The number of hydrogen-bond acceptors (Lipinski definition) is 3. The summed E-state index contributed by atoms with van der Waals surface area (Å²) in [5.74, 6) is 0.544. The fraction of sp³-hybridized carbons (Fsp3) is 0.857. The van der Waals surface area contributed by atoms with Gasteiger partial charge in [0.25, 0.3) is 0 Å². The Balaban J connectivity index is 2.11. The SMILES string of the molecule is COC(=O)C12CNCC1C2. The number of carbonyl (C=O) groups excluding carboxylic acids is 1. The van der Waals surface area contributed by atoms with Gasteiger partial charge in [0.05, 0.1) is 12.5 Å². The minimum Gasteiger partial charge on any atom is -0.469 e. The molecule has 0 bridgehead atoms. The zero-order valence-electron chi connectivity index (χ0n) is 6.02. The molecule has 1 aliphatic heterocycles. The van der Waals surface area contributed by atoms with Gasteiger partial charge >= 0.3 is 5.97 Å². The number of piperidine rings is 1. The van der Waals surface area contributed by atoms with Crippen molar-refractivity contribution in [2.45, 2.75) is 6.42 Å². The molecule has 56 valence electrons. The van der Waals surface area contributed by atoms with Gasteiger partial charge in [-0.05, 0) is 18.9 Å². The first-order valence-corrected chi connectivity index (χ1v) is 3.59. The Labute approximate surface area is 59.7 Å². The Morgan fingerprint density at radius 1 is 1.80 bits per heavy atom. The van der Waals surface area contributed by atoms with Gasteiger partial charge in [-0.15, -0.1) is 0 Å². The van der Waals surface area contributed by atoms with Crippen LogP contribution in [0.1, 0.15) is 6.42 Å². The number of rotatable bonds is 1. The van der Waals surface area contributed by atoms with Crippen molar-refractivity contribution in [3.05, 3.63) is 0 Å². The Hall–Kier alpha value is -0.570. The van der Waals surface area contributed by atoms with Crippen molar-refractivity contribution in [2.24, 2.45) is 11.3 Å². The summed E-state index contributed by atoms with van der Waals surface area (Å²) in [4.78, 5) is 11.1. The summed E-state index contributed by atoms with van der Waals surface area (Å²) >= 11 is 0. The number of fused-ring (bicyclic) bond motifs is 1. The van der Waals surface area contributed by atoms with Crippen LogP contribution in [-0.2, 0) is 9.53 Å². The highest BCUT2D eigenvalue weighted by atomic mass is 16.5. The van der Waals surface area contributed by atoms with Crippen LogP contribution in [0.15, 0.2) is 0 Å².